The fourth-order valence-electron chi connectivity index (χ4n) is 1.65. The number of hydrogen-bond donors (Lipinski definition) is 0. The summed E-state index contributed by atoms with van der Waals surface area (Å²) in [5, 5.41) is 17.6. The zero-order valence-electron chi connectivity index (χ0n) is 8.19. The summed E-state index contributed by atoms with van der Waals surface area (Å²) < 4.78 is 0. The Bertz CT molecular complexity index is 610. The number of fused-ring (bicyclic) bond motifs is 1. The van der Waals surface area contributed by atoms with E-state index in [0.717, 1.165) is 0 Å². The maximum Gasteiger partial charge on any atom is 0.195 e. The maximum absolute atomic E-state index is 11.8. The van der Waals surface area contributed by atoms with E-state index in [1.54, 1.807) is 18.2 Å². The van der Waals surface area contributed by atoms with Crippen molar-refractivity contribution in [1.29, 1.82) is 10.5 Å². The summed E-state index contributed by atoms with van der Waals surface area (Å²) in [5.41, 5.74) is 1.37. The van der Waals surface area contributed by atoms with E-state index in [1.165, 1.54) is 12.4 Å². The molecule has 2 rings (SSSR count). The summed E-state index contributed by atoms with van der Waals surface area (Å²) in [6, 6.07) is 5.15. The molecule has 0 spiro atoms. The molecule has 4 nitrogen and oxygen atoms in total. The van der Waals surface area contributed by atoms with Gasteiger partial charge in [0.15, 0.2) is 5.78 Å². The van der Waals surface area contributed by atoms with Crippen LogP contribution in [0.1, 0.15) is 15.9 Å². The van der Waals surface area contributed by atoms with Gasteiger partial charge in [-0.25, -0.2) is 0 Å². The summed E-state index contributed by atoms with van der Waals surface area (Å²) in [7, 11) is 0. The molecule has 0 aliphatic heterocycles. The summed E-state index contributed by atoms with van der Waals surface area (Å²) in [6.45, 7) is 3.61. The third kappa shape index (κ3) is 1.14. The van der Waals surface area contributed by atoms with Crippen LogP contribution in [-0.4, -0.2) is 10.8 Å². The number of nitrogens with zero attached hydrogens (tertiary/aromatic N) is 3. The van der Waals surface area contributed by atoms with Crippen LogP contribution in [-0.2, 0) is 0 Å². The molecule has 0 aromatic carbocycles. The number of ketones is 1. The van der Waals surface area contributed by atoms with Crippen LogP contribution in [0, 0.1) is 22.7 Å². The highest BCUT2D eigenvalue weighted by Gasteiger charge is 2.30. The summed E-state index contributed by atoms with van der Waals surface area (Å²) >= 11 is 0. The van der Waals surface area contributed by atoms with Crippen molar-refractivity contribution in [3.05, 3.63) is 47.3 Å². The quantitative estimate of drug-likeness (QED) is 0.478. The first-order chi connectivity index (χ1) is 7.70. The number of hydrogen-bond acceptors (Lipinski definition) is 4. The molecule has 4 heteroatoms. The molecular formula is C12H5N3O. The van der Waals surface area contributed by atoms with Crippen LogP contribution >= 0.6 is 0 Å². The van der Waals surface area contributed by atoms with Crippen LogP contribution < -0.4 is 0 Å². The van der Waals surface area contributed by atoms with Crippen LogP contribution in [0.4, 0.5) is 0 Å². The highest BCUT2D eigenvalue weighted by Crippen LogP contribution is 2.36. The maximum atomic E-state index is 11.8. The normalized spacial score (nSPS) is 13.0. The second kappa shape index (κ2) is 3.45. The Balaban J connectivity index is 2.84. The number of nitriles is 2. The van der Waals surface area contributed by atoms with Crippen molar-refractivity contribution in [3.8, 4) is 12.1 Å². The Morgan fingerprint density at radius 2 is 2.00 bits per heavy atom. The van der Waals surface area contributed by atoms with E-state index in [0.29, 0.717) is 16.7 Å². The molecule has 0 saturated carbocycles. The molecule has 0 saturated heterocycles. The van der Waals surface area contributed by atoms with Crippen LogP contribution in [0.3, 0.4) is 0 Å². The van der Waals surface area contributed by atoms with Gasteiger partial charge in [0.2, 0.25) is 0 Å². The smallest absolute Gasteiger partial charge is 0.195 e. The highest BCUT2D eigenvalue weighted by atomic mass is 16.1. The lowest BCUT2D eigenvalue weighted by Gasteiger charge is -1.98. The first-order valence-corrected chi connectivity index (χ1v) is 4.43. The van der Waals surface area contributed by atoms with Gasteiger partial charge in [-0.3, -0.25) is 9.78 Å². The van der Waals surface area contributed by atoms with Crippen molar-refractivity contribution in [1.82, 2.24) is 4.98 Å². The average molecular weight is 207 g/mol. The van der Waals surface area contributed by atoms with Crippen molar-refractivity contribution in [2.24, 2.45) is 0 Å². The standard InChI is InChI=1S/C12H5N3O/c1-7-11(8(4-13)5-14)9-2-3-15-6-10(9)12(7)16/h2-3,6H,1H2. The minimum absolute atomic E-state index is 0.0942. The molecule has 0 bridgehead atoms. The number of Topliss-reactive ketones (excluding diaryl/α,β-unsaturated/α-hetero) is 1. The van der Waals surface area contributed by atoms with Gasteiger partial charge in [-0.05, 0) is 11.6 Å². The lowest BCUT2D eigenvalue weighted by molar-refractivity contribution is 0.104. The second-order valence-electron chi connectivity index (χ2n) is 3.20. The molecule has 0 unspecified atom stereocenters. The van der Waals surface area contributed by atoms with Gasteiger partial charge in [-0.15, -0.1) is 0 Å². The van der Waals surface area contributed by atoms with Gasteiger partial charge in [0.25, 0.3) is 0 Å². The molecule has 1 aliphatic rings. The zero-order valence-corrected chi connectivity index (χ0v) is 8.19. The minimum Gasteiger partial charge on any atom is -0.289 e. The Morgan fingerprint density at radius 1 is 1.31 bits per heavy atom. The first kappa shape index (κ1) is 9.82. The lowest BCUT2D eigenvalue weighted by Crippen LogP contribution is -1.93. The zero-order chi connectivity index (χ0) is 11.7. The van der Waals surface area contributed by atoms with Gasteiger partial charge >= 0.3 is 0 Å². The molecule has 0 radical (unpaired) electrons. The SMILES string of the molecule is C=C1C(=O)c2cnccc2C1=C(C#N)C#N. The van der Waals surface area contributed by atoms with Gasteiger partial charge in [0, 0.05) is 29.1 Å². The van der Waals surface area contributed by atoms with E-state index in [1.807, 2.05) is 0 Å². The van der Waals surface area contributed by atoms with Crippen molar-refractivity contribution in [3.63, 3.8) is 0 Å². The largest absolute Gasteiger partial charge is 0.289 e. The number of carbonyl (C=O) groups excluding carboxylic acids is 1. The molecule has 0 fully saturated rings. The molecule has 1 aliphatic carbocycles. The van der Waals surface area contributed by atoms with Crippen LogP contribution in [0.2, 0.25) is 0 Å². The lowest BCUT2D eigenvalue weighted by atomic mass is 10.0. The Labute approximate surface area is 91.8 Å². The fourth-order valence-corrected chi connectivity index (χ4v) is 1.65. The van der Waals surface area contributed by atoms with Crippen molar-refractivity contribution >= 4 is 11.4 Å². The van der Waals surface area contributed by atoms with Crippen LogP contribution in [0.15, 0.2) is 36.2 Å². The molecule has 0 atom stereocenters. The molecule has 1 aromatic rings. The van der Waals surface area contributed by atoms with Crippen molar-refractivity contribution in [2.45, 2.75) is 0 Å². The molecule has 1 aromatic heterocycles. The molecule has 0 amide bonds. The van der Waals surface area contributed by atoms with Gasteiger partial charge in [0.1, 0.15) is 17.7 Å². The van der Waals surface area contributed by atoms with E-state index < -0.39 is 0 Å². The number of aromatic nitrogens is 1. The summed E-state index contributed by atoms with van der Waals surface area (Å²) in [6.07, 6.45) is 2.93. The number of allylic oxidation sites excluding steroid dienone is 3. The first-order valence-electron chi connectivity index (χ1n) is 4.43. The van der Waals surface area contributed by atoms with Gasteiger partial charge in [-0.1, -0.05) is 6.58 Å². The summed E-state index contributed by atoms with van der Waals surface area (Å²) in [5.74, 6) is -0.277. The predicted octanol–water partition coefficient (Wildman–Crippen LogP) is 1.63. The van der Waals surface area contributed by atoms with E-state index in [9.17, 15) is 4.79 Å². The topological polar surface area (TPSA) is 77.5 Å². The van der Waals surface area contributed by atoms with Crippen LogP contribution in [0.25, 0.3) is 5.57 Å². The average Bonchev–Trinajstić information content (AvgIpc) is 2.57. The van der Waals surface area contributed by atoms with Gasteiger partial charge in [0.05, 0.1) is 0 Å². The number of pyridine rings is 1. The Morgan fingerprint density at radius 3 is 2.62 bits per heavy atom. The Hall–Kier alpha value is -2.72. The van der Waals surface area contributed by atoms with Crippen LogP contribution in [0.5, 0.6) is 0 Å². The number of rotatable bonds is 0. The van der Waals surface area contributed by atoms with Gasteiger partial charge < -0.3 is 0 Å². The predicted molar refractivity (Wildman–Crippen MR) is 55.9 cm³/mol. The van der Waals surface area contributed by atoms with E-state index in [-0.39, 0.29) is 16.9 Å². The third-order valence-electron chi connectivity index (χ3n) is 2.38. The molecule has 1 heterocycles. The second-order valence-corrected chi connectivity index (χ2v) is 3.20. The van der Waals surface area contributed by atoms with Crippen molar-refractivity contribution < 1.29 is 4.79 Å². The Kier molecular flexibility index (Phi) is 2.12. The molecule has 16 heavy (non-hydrogen) atoms. The monoisotopic (exact) mass is 207 g/mol. The summed E-state index contributed by atoms with van der Waals surface area (Å²) in [4.78, 5) is 15.6. The van der Waals surface area contributed by atoms with Crippen molar-refractivity contribution in [2.75, 3.05) is 0 Å². The fraction of sp³-hybridized carbons (Fsp3) is 0. The highest BCUT2D eigenvalue weighted by molar-refractivity contribution is 6.27. The van der Waals surface area contributed by atoms with Gasteiger partial charge in [-0.2, -0.15) is 10.5 Å². The number of carbonyl (C=O) groups is 1. The van der Waals surface area contributed by atoms with E-state index in [4.69, 9.17) is 10.5 Å². The molecule has 74 valence electrons. The van der Waals surface area contributed by atoms with E-state index >= 15 is 0 Å². The third-order valence-corrected chi connectivity index (χ3v) is 2.38. The molecule has 0 N–H and O–H groups in total. The van der Waals surface area contributed by atoms with E-state index in [2.05, 4.69) is 11.6 Å². The molecular weight excluding hydrogens is 202 g/mol. The minimum atomic E-state index is -0.277.